The van der Waals surface area contributed by atoms with Gasteiger partial charge in [-0.15, -0.1) is 0 Å². The Morgan fingerprint density at radius 2 is 2.00 bits per heavy atom. The number of rotatable bonds is 3. The Bertz CT molecular complexity index is 924. The van der Waals surface area contributed by atoms with Crippen LogP contribution in [0.2, 0.25) is 0 Å². The second-order valence-corrected chi connectivity index (χ2v) is 8.82. The number of hydrogen-bond acceptors (Lipinski definition) is 5. The molecule has 3 heterocycles. The van der Waals surface area contributed by atoms with Crippen LogP contribution in [0.5, 0.6) is 0 Å². The van der Waals surface area contributed by atoms with E-state index >= 15 is 0 Å². The third kappa shape index (κ3) is 4.46. The maximum absolute atomic E-state index is 13.8. The Morgan fingerprint density at radius 3 is 2.71 bits per heavy atom. The summed E-state index contributed by atoms with van der Waals surface area (Å²) < 4.78 is 32.7. The van der Waals surface area contributed by atoms with Crippen LogP contribution in [0.15, 0.2) is 48.2 Å². The van der Waals surface area contributed by atoms with Crippen LogP contribution in [0.4, 0.5) is 19.5 Å². The predicted molar refractivity (Wildman–Crippen MR) is 112 cm³/mol. The van der Waals surface area contributed by atoms with Gasteiger partial charge in [-0.2, -0.15) is 0 Å². The highest BCUT2D eigenvalue weighted by Crippen LogP contribution is 2.34. The summed E-state index contributed by atoms with van der Waals surface area (Å²) >= 11 is 0. The Kier molecular flexibility index (Phi) is 5.79. The van der Waals surface area contributed by atoms with Crippen LogP contribution in [0.3, 0.4) is 0 Å². The monoisotopic (exact) mass is 431 g/mol. The Hall–Kier alpha value is -2.81. The molecule has 166 valence electrons. The molecule has 0 radical (unpaired) electrons. The number of hydrogen-bond donors (Lipinski definition) is 0. The molecule has 0 N–H and O–H groups in total. The van der Waals surface area contributed by atoms with E-state index in [9.17, 15) is 13.6 Å². The van der Waals surface area contributed by atoms with Gasteiger partial charge >= 0.3 is 6.03 Å². The summed E-state index contributed by atoms with van der Waals surface area (Å²) in [6.45, 7) is 6.28. The summed E-state index contributed by atoms with van der Waals surface area (Å²) in [5, 5.41) is 0. The maximum Gasteiger partial charge on any atom is 0.324 e. The second-order valence-electron chi connectivity index (χ2n) is 8.82. The van der Waals surface area contributed by atoms with Crippen molar-refractivity contribution < 1.29 is 18.3 Å². The Labute approximate surface area is 180 Å². The first kappa shape index (κ1) is 21.4. The number of fused-ring (bicyclic) bond motifs is 1. The zero-order chi connectivity index (χ0) is 22.2. The standard InChI is InChI=1S/C22H27F2N5O2/c1-15-11-31-19-6-4-5-16(23)7-8-18(19)29(15)21(30)27(3)12-22(2)13-28(14-22)20-25-9-17(24)10-26-20/h4,6-10,15,19H,5,11-14H2,1-3H3/b6-4?,16-7+,18-8?. The SMILES string of the molecule is CC1COC2C=CC/C(F)=C\C=C2N1C(=O)N(C)CC1(C)CN(c2ncc(F)cn2)C1. The quantitative estimate of drug-likeness (QED) is 0.688. The molecule has 2 fully saturated rings. The van der Waals surface area contributed by atoms with Crippen molar-refractivity contribution in [3.8, 4) is 0 Å². The number of nitrogens with zero attached hydrogens (tertiary/aromatic N) is 5. The zero-order valence-corrected chi connectivity index (χ0v) is 18.0. The van der Waals surface area contributed by atoms with Crippen molar-refractivity contribution in [2.75, 3.05) is 38.2 Å². The summed E-state index contributed by atoms with van der Waals surface area (Å²) in [4.78, 5) is 26.8. The molecule has 2 amide bonds. The highest BCUT2D eigenvalue weighted by molar-refractivity contribution is 5.77. The third-order valence-electron chi connectivity index (χ3n) is 5.77. The number of anilines is 1. The van der Waals surface area contributed by atoms with Crippen LogP contribution in [0, 0.1) is 11.2 Å². The van der Waals surface area contributed by atoms with Gasteiger partial charge in [0.1, 0.15) is 11.9 Å². The van der Waals surface area contributed by atoms with Gasteiger partial charge in [0.25, 0.3) is 0 Å². The summed E-state index contributed by atoms with van der Waals surface area (Å²) in [6, 6.07) is -0.312. The minimum absolute atomic E-state index is 0.141. The first-order valence-electron chi connectivity index (χ1n) is 10.4. The Morgan fingerprint density at radius 1 is 1.29 bits per heavy atom. The molecule has 3 aliphatic rings. The van der Waals surface area contributed by atoms with Crippen molar-refractivity contribution in [3.05, 3.63) is 54.0 Å². The van der Waals surface area contributed by atoms with Gasteiger partial charge in [-0.3, -0.25) is 4.90 Å². The number of aromatic nitrogens is 2. The molecular weight excluding hydrogens is 404 g/mol. The van der Waals surface area contributed by atoms with E-state index in [1.54, 1.807) is 35.1 Å². The van der Waals surface area contributed by atoms with Crippen LogP contribution in [-0.4, -0.2) is 71.2 Å². The molecule has 4 rings (SSSR count). The molecule has 7 nitrogen and oxygen atoms in total. The summed E-state index contributed by atoms with van der Waals surface area (Å²) in [6.07, 6.45) is 8.73. The van der Waals surface area contributed by atoms with Gasteiger partial charge < -0.3 is 14.5 Å². The molecular formula is C22H27F2N5O2. The van der Waals surface area contributed by atoms with Crippen molar-refractivity contribution in [1.29, 1.82) is 0 Å². The fraction of sp³-hybridized carbons (Fsp3) is 0.500. The van der Waals surface area contributed by atoms with E-state index < -0.39 is 5.82 Å². The number of amides is 2. The normalized spacial score (nSPS) is 26.6. The van der Waals surface area contributed by atoms with Crippen LogP contribution >= 0.6 is 0 Å². The lowest BCUT2D eigenvalue weighted by atomic mass is 9.81. The fourth-order valence-electron chi connectivity index (χ4n) is 4.38. The summed E-state index contributed by atoms with van der Waals surface area (Å²) in [5.41, 5.74) is 0.500. The molecule has 2 aliphatic heterocycles. The van der Waals surface area contributed by atoms with E-state index in [1.165, 1.54) is 6.08 Å². The topological polar surface area (TPSA) is 61.8 Å². The van der Waals surface area contributed by atoms with E-state index in [2.05, 4.69) is 16.9 Å². The van der Waals surface area contributed by atoms with Crippen molar-refractivity contribution in [2.45, 2.75) is 32.4 Å². The van der Waals surface area contributed by atoms with E-state index in [4.69, 9.17) is 4.74 Å². The lowest BCUT2D eigenvalue weighted by Crippen LogP contribution is -2.61. The average molecular weight is 431 g/mol. The first-order chi connectivity index (χ1) is 14.8. The van der Waals surface area contributed by atoms with E-state index in [0.29, 0.717) is 37.9 Å². The molecule has 2 unspecified atom stereocenters. The molecule has 0 spiro atoms. The number of morpholine rings is 1. The van der Waals surface area contributed by atoms with Crippen LogP contribution in [0.1, 0.15) is 20.3 Å². The summed E-state index contributed by atoms with van der Waals surface area (Å²) in [5.74, 6) is -0.243. The largest absolute Gasteiger partial charge is 0.366 e. The molecule has 0 saturated carbocycles. The minimum Gasteiger partial charge on any atom is -0.366 e. The number of carbonyl (C=O) groups is 1. The van der Waals surface area contributed by atoms with Gasteiger partial charge in [0.2, 0.25) is 5.95 Å². The molecule has 9 heteroatoms. The zero-order valence-electron chi connectivity index (χ0n) is 18.0. The van der Waals surface area contributed by atoms with Crippen LogP contribution < -0.4 is 4.90 Å². The Balaban J connectivity index is 1.44. The van der Waals surface area contributed by atoms with E-state index in [1.807, 2.05) is 11.8 Å². The van der Waals surface area contributed by atoms with Gasteiger partial charge in [-0.05, 0) is 19.1 Å². The third-order valence-corrected chi connectivity index (χ3v) is 5.77. The number of ether oxygens (including phenoxy) is 1. The van der Waals surface area contributed by atoms with Gasteiger partial charge in [0.15, 0.2) is 5.82 Å². The van der Waals surface area contributed by atoms with Crippen molar-refractivity contribution in [2.24, 2.45) is 5.41 Å². The molecule has 0 bridgehead atoms. The lowest BCUT2D eigenvalue weighted by Gasteiger charge is -2.50. The molecule has 1 aromatic rings. The molecule has 0 aromatic carbocycles. The molecule has 31 heavy (non-hydrogen) atoms. The highest BCUT2D eigenvalue weighted by Gasteiger charge is 2.43. The average Bonchev–Trinajstić information content (AvgIpc) is 2.70. The number of carbonyl (C=O) groups excluding carboxylic acids is 1. The van der Waals surface area contributed by atoms with Crippen molar-refractivity contribution in [3.63, 3.8) is 0 Å². The molecule has 1 aliphatic carbocycles. The number of allylic oxidation sites excluding steroid dienone is 4. The van der Waals surface area contributed by atoms with Gasteiger partial charge in [0, 0.05) is 38.5 Å². The minimum atomic E-state index is -0.469. The maximum atomic E-state index is 13.8. The molecule has 2 saturated heterocycles. The van der Waals surface area contributed by atoms with Crippen molar-refractivity contribution >= 4 is 12.0 Å². The lowest BCUT2D eigenvalue weighted by molar-refractivity contribution is 0.00638. The van der Waals surface area contributed by atoms with Gasteiger partial charge in [0.05, 0.1) is 30.7 Å². The molecule has 2 atom stereocenters. The molecule has 1 aromatic heterocycles. The van der Waals surface area contributed by atoms with E-state index in [-0.39, 0.29) is 35.8 Å². The van der Waals surface area contributed by atoms with Gasteiger partial charge in [-0.25, -0.2) is 23.5 Å². The number of halogens is 2. The predicted octanol–water partition coefficient (Wildman–Crippen LogP) is 3.28. The highest BCUT2D eigenvalue weighted by atomic mass is 19.1. The van der Waals surface area contributed by atoms with Crippen LogP contribution in [0.25, 0.3) is 0 Å². The van der Waals surface area contributed by atoms with E-state index in [0.717, 1.165) is 12.4 Å². The van der Waals surface area contributed by atoms with Gasteiger partial charge in [-0.1, -0.05) is 19.1 Å². The summed E-state index contributed by atoms with van der Waals surface area (Å²) in [7, 11) is 1.78. The van der Waals surface area contributed by atoms with Crippen LogP contribution in [-0.2, 0) is 4.74 Å². The van der Waals surface area contributed by atoms with Crippen molar-refractivity contribution in [1.82, 2.24) is 19.8 Å². The second kappa shape index (κ2) is 8.37. The number of urea groups is 1. The smallest absolute Gasteiger partial charge is 0.324 e. The fourth-order valence-corrected chi connectivity index (χ4v) is 4.38. The first-order valence-corrected chi connectivity index (χ1v) is 10.4.